The summed E-state index contributed by atoms with van der Waals surface area (Å²) >= 11 is 0. The molecule has 2 aliphatic rings. The van der Waals surface area contributed by atoms with Crippen molar-refractivity contribution in [2.75, 3.05) is 11.5 Å². The zero-order valence-corrected chi connectivity index (χ0v) is 9.72. The molecule has 0 aromatic heterocycles. The van der Waals surface area contributed by atoms with Crippen LogP contribution in [0.1, 0.15) is 38.5 Å². The van der Waals surface area contributed by atoms with Gasteiger partial charge < -0.3 is 0 Å². The molecule has 1 aliphatic heterocycles. The minimum absolute atomic E-state index is 0.104. The van der Waals surface area contributed by atoms with Crippen LogP contribution in [0, 0.1) is 22.7 Å². The fourth-order valence-electron chi connectivity index (χ4n) is 2.98. The van der Waals surface area contributed by atoms with Crippen molar-refractivity contribution >= 4 is 9.84 Å². The first-order valence-electron chi connectivity index (χ1n) is 5.67. The van der Waals surface area contributed by atoms with Gasteiger partial charge in [-0.2, -0.15) is 5.26 Å². The van der Waals surface area contributed by atoms with Crippen molar-refractivity contribution in [1.82, 2.24) is 0 Å². The minimum atomic E-state index is -2.93. The largest absolute Gasteiger partial charge is 0.229 e. The summed E-state index contributed by atoms with van der Waals surface area (Å²) in [6.45, 7) is 0. The summed E-state index contributed by atoms with van der Waals surface area (Å²) in [7, 11) is -2.93. The Hall–Kier alpha value is -0.560. The molecule has 4 heteroatoms. The average Bonchev–Trinajstić information content (AvgIpc) is 2.75. The number of nitriles is 1. The van der Waals surface area contributed by atoms with Crippen molar-refractivity contribution in [3.05, 3.63) is 0 Å². The van der Waals surface area contributed by atoms with E-state index in [-0.39, 0.29) is 11.5 Å². The molecule has 1 unspecified atom stereocenters. The van der Waals surface area contributed by atoms with Crippen LogP contribution in [0.4, 0.5) is 0 Å². The van der Waals surface area contributed by atoms with E-state index in [1.54, 1.807) is 0 Å². The maximum absolute atomic E-state index is 11.4. The lowest BCUT2D eigenvalue weighted by Gasteiger charge is -2.22. The number of nitrogens with zero attached hydrogens (tertiary/aromatic N) is 1. The Morgan fingerprint density at radius 1 is 1.33 bits per heavy atom. The van der Waals surface area contributed by atoms with E-state index in [1.165, 1.54) is 25.7 Å². The second kappa shape index (κ2) is 3.79. The first-order valence-corrected chi connectivity index (χ1v) is 7.49. The van der Waals surface area contributed by atoms with Gasteiger partial charge in [-0.25, -0.2) is 8.42 Å². The summed E-state index contributed by atoms with van der Waals surface area (Å²) in [5.74, 6) is 0.915. The van der Waals surface area contributed by atoms with Crippen LogP contribution in [-0.2, 0) is 9.84 Å². The first kappa shape index (κ1) is 10.9. The number of rotatable bonds is 2. The van der Waals surface area contributed by atoms with Crippen LogP contribution in [0.3, 0.4) is 0 Å². The minimum Gasteiger partial charge on any atom is -0.229 e. The second-order valence-corrected chi connectivity index (χ2v) is 7.27. The monoisotopic (exact) mass is 227 g/mol. The van der Waals surface area contributed by atoms with Gasteiger partial charge in [0.05, 0.1) is 23.0 Å². The SMILES string of the molecule is N#CC1(CC2CCCC2)CCS(=O)(=O)C1. The van der Waals surface area contributed by atoms with Gasteiger partial charge in [0, 0.05) is 0 Å². The third kappa shape index (κ3) is 2.34. The summed E-state index contributed by atoms with van der Waals surface area (Å²) in [5.41, 5.74) is -0.548. The highest BCUT2D eigenvalue weighted by Crippen LogP contribution is 2.42. The smallest absolute Gasteiger partial charge is 0.151 e. The van der Waals surface area contributed by atoms with E-state index >= 15 is 0 Å². The summed E-state index contributed by atoms with van der Waals surface area (Å²) < 4.78 is 22.9. The van der Waals surface area contributed by atoms with Gasteiger partial charge in [0.1, 0.15) is 0 Å². The van der Waals surface area contributed by atoms with Gasteiger partial charge >= 0.3 is 0 Å². The number of hydrogen-bond donors (Lipinski definition) is 0. The second-order valence-electron chi connectivity index (χ2n) is 5.09. The van der Waals surface area contributed by atoms with Gasteiger partial charge in [0.2, 0.25) is 0 Å². The maximum Gasteiger partial charge on any atom is 0.151 e. The highest BCUT2D eigenvalue weighted by atomic mass is 32.2. The summed E-state index contributed by atoms with van der Waals surface area (Å²) in [6.07, 6.45) is 6.23. The Kier molecular flexibility index (Phi) is 2.76. The quantitative estimate of drug-likeness (QED) is 0.724. The maximum atomic E-state index is 11.4. The molecule has 1 aliphatic carbocycles. The van der Waals surface area contributed by atoms with Crippen LogP contribution >= 0.6 is 0 Å². The van der Waals surface area contributed by atoms with Crippen molar-refractivity contribution < 1.29 is 8.42 Å². The Labute approximate surface area is 91.4 Å². The van der Waals surface area contributed by atoms with E-state index in [1.807, 2.05) is 0 Å². The fraction of sp³-hybridized carbons (Fsp3) is 0.909. The molecule has 0 bridgehead atoms. The number of sulfone groups is 1. The van der Waals surface area contributed by atoms with Crippen molar-refractivity contribution in [2.45, 2.75) is 38.5 Å². The molecule has 3 nitrogen and oxygen atoms in total. The third-order valence-corrected chi connectivity index (χ3v) is 5.60. The van der Waals surface area contributed by atoms with Crippen molar-refractivity contribution in [1.29, 1.82) is 5.26 Å². The van der Waals surface area contributed by atoms with Gasteiger partial charge in [-0.15, -0.1) is 0 Å². The van der Waals surface area contributed by atoms with Crippen LogP contribution in [0.15, 0.2) is 0 Å². The normalized spacial score (nSPS) is 35.4. The molecule has 2 rings (SSSR count). The van der Waals surface area contributed by atoms with Crippen LogP contribution in [-0.4, -0.2) is 19.9 Å². The lowest BCUT2D eigenvalue weighted by molar-refractivity contribution is 0.325. The van der Waals surface area contributed by atoms with E-state index in [2.05, 4.69) is 6.07 Å². The van der Waals surface area contributed by atoms with Gasteiger partial charge in [0.15, 0.2) is 9.84 Å². The van der Waals surface area contributed by atoms with Crippen LogP contribution in [0.25, 0.3) is 0 Å². The van der Waals surface area contributed by atoms with Gasteiger partial charge in [0.25, 0.3) is 0 Å². The van der Waals surface area contributed by atoms with Crippen LogP contribution in [0.5, 0.6) is 0 Å². The summed E-state index contributed by atoms with van der Waals surface area (Å²) in [5, 5.41) is 9.19. The molecule has 0 spiro atoms. The third-order valence-electron chi connectivity index (χ3n) is 3.78. The first-order chi connectivity index (χ1) is 7.05. The average molecular weight is 227 g/mol. The molecule has 1 saturated carbocycles. The summed E-state index contributed by atoms with van der Waals surface area (Å²) in [6, 6.07) is 2.28. The topological polar surface area (TPSA) is 57.9 Å². The lowest BCUT2D eigenvalue weighted by Crippen LogP contribution is -2.23. The fourth-order valence-corrected chi connectivity index (χ4v) is 4.99. The van der Waals surface area contributed by atoms with E-state index in [4.69, 9.17) is 0 Å². The predicted molar refractivity (Wildman–Crippen MR) is 57.9 cm³/mol. The highest BCUT2D eigenvalue weighted by Gasteiger charge is 2.44. The van der Waals surface area contributed by atoms with Crippen molar-refractivity contribution in [3.8, 4) is 6.07 Å². The van der Waals surface area contributed by atoms with Crippen molar-refractivity contribution in [3.63, 3.8) is 0 Å². The van der Waals surface area contributed by atoms with E-state index < -0.39 is 15.3 Å². The molecule has 1 heterocycles. The standard InChI is InChI=1S/C11H17NO2S/c12-8-11(5-6-15(13,14)9-11)7-10-3-1-2-4-10/h10H,1-7,9H2. The molecule has 0 aromatic rings. The Balaban J connectivity index is 2.07. The molecule has 0 aromatic carbocycles. The molecule has 2 fully saturated rings. The Morgan fingerprint density at radius 2 is 2.00 bits per heavy atom. The van der Waals surface area contributed by atoms with E-state index in [9.17, 15) is 13.7 Å². The van der Waals surface area contributed by atoms with Crippen LogP contribution < -0.4 is 0 Å². The Morgan fingerprint density at radius 3 is 2.47 bits per heavy atom. The molecule has 0 amide bonds. The lowest BCUT2D eigenvalue weighted by atomic mass is 9.79. The molecular weight excluding hydrogens is 210 g/mol. The molecular formula is C11H17NO2S. The zero-order valence-electron chi connectivity index (χ0n) is 8.91. The van der Waals surface area contributed by atoms with E-state index in [0.29, 0.717) is 12.3 Å². The molecule has 84 valence electrons. The van der Waals surface area contributed by atoms with Gasteiger partial charge in [-0.05, 0) is 18.8 Å². The molecule has 1 atom stereocenters. The van der Waals surface area contributed by atoms with E-state index in [0.717, 1.165) is 6.42 Å². The summed E-state index contributed by atoms with van der Waals surface area (Å²) in [4.78, 5) is 0. The van der Waals surface area contributed by atoms with Crippen LogP contribution in [0.2, 0.25) is 0 Å². The molecule has 0 radical (unpaired) electrons. The molecule has 1 saturated heterocycles. The van der Waals surface area contributed by atoms with Crippen molar-refractivity contribution in [2.24, 2.45) is 11.3 Å². The van der Waals surface area contributed by atoms with Gasteiger partial charge in [-0.3, -0.25) is 0 Å². The number of hydrogen-bond acceptors (Lipinski definition) is 3. The highest BCUT2D eigenvalue weighted by molar-refractivity contribution is 7.91. The molecule has 15 heavy (non-hydrogen) atoms. The molecule has 0 N–H and O–H groups in total. The predicted octanol–water partition coefficient (Wildman–Crippen LogP) is 1.90. The Bertz CT molecular complexity index is 376. The van der Waals surface area contributed by atoms with Gasteiger partial charge in [-0.1, -0.05) is 25.7 Å². The zero-order chi connectivity index (χ0) is 10.9.